The molecule has 0 spiro atoms. The Morgan fingerprint density at radius 3 is 2.61 bits per heavy atom. The maximum absolute atomic E-state index is 12.9. The lowest BCUT2D eigenvalue weighted by Crippen LogP contribution is -2.17. The highest BCUT2D eigenvalue weighted by Crippen LogP contribution is 2.30. The van der Waals surface area contributed by atoms with E-state index < -0.39 is 0 Å². The van der Waals surface area contributed by atoms with Crippen molar-refractivity contribution >= 4 is 39.6 Å². The molecule has 4 rings (SSSR count). The van der Waals surface area contributed by atoms with Crippen molar-refractivity contribution in [3.8, 4) is 16.9 Å². The number of nitrogens with zero attached hydrogens (tertiary/aromatic N) is 4. The molecular weight excluding hydrogens is 480 g/mol. The number of aryl methyl sites for hydroxylation is 1. The fourth-order valence-electron chi connectivity index (χ4n) is 3.01. The summed E-state index contributed by atoms with van der Waals surface area (Å²) in [4.78, 5) is 32.6. The Hall–Kier alpha value is -3.24. The van der Waals surface area contributed by atoms with Crippen LogP contribution in [0.15, 0.2) is 72.7 Å². The molecule has 0 aliphatic heterocycles. The summed E-state index contributed by atoms with van der Waals surface area (Å²) < 4.78 is 2.23. The van der Waals surface area contributed by atoms with E-state index in [1.54, 1.807) is 24.5 Å². The number of halogens is 1. The van der Waals surface area contributed by atoms with Gasteiger partial charge in [0.25, 0.3) is 11.1 Å². The molecule has 0 saturated heterocycles. The second kappa shape index (κ2) is 8.86. The van der Waals surface area contributed by atoms with Crippen molar-refractivity contribution in [1.82, 2.24) is 25.0 Å². The highest BCUT2D eigenvalue weighted by molar-refractivity contribution is 9.10. The molecule has 2 heterocycles. The van der Waals surface area contributed by atoms with Gasteiger partial charge in [-0.25, -0.2) is 4.68 Å². The van der Waals surface area contributed by atoms with Crippen LogP contribution in [0.2, 0.25) is 0 Å². The number of H-pyrrole nitrogens is 2. The molecule has 0 radical (unpaired) electrons. The van der Waals surface area contributed by atoms with Gasteiger partial charge in [-0.3, -0.25) is 24.7 Å². The second-order valence-corrected chi connectivity index (χ2v) is 8.27. The zero-order chi connectivity index (χ0) is 22.0. The normalized spacial score (nSPS) is 11.3. The molecule has 0 unspecified atom stereocenters. The molecule has 10 heteroatoms. The van der Waals surface area contributed by atoms with Gasteiger partial charge in [-0.1, -0.05) is 45.9 Å². The lowest BCUT2D eigenvalue weighted by atomic mass is 10.1. The smallest absolute Gasteiger partial charge is 0.280 e. The van der Waals surface area contributed by atoms with Crippen LogP contribution in [0.4, 0.5) is 5.69 Å². The third-order valence-electron chi connectivity index (χ3n) is 4.55. The third-order valence-corrected chi connectivity index (χ3v) is 5.61. The average molecular weight is 497 g/mol. The van der Waals surface area contributed by atoms with E-state index in [4.69, 9.17) is 0 Å². The number of aromatic nitrogens is 5. The van der Waals surface area contributed by atoms with Crippen LogP contribution >= 0.6 is 27.7 Å². The van der Waals surface area contributed by atoms with Gasteiger partial charge in [0.15, 0.2) is 10.9 Å². The minimum absolute atomic E-state index is 0.152. The topological polar surface area (TPSA) is 109 Å². The lowest BCUT2D eigenvalue weighted by Gasteiger charge is -2.05. The molecule has 8 nitrogen and oxygen atoms in total. The minimum atomic E-state index is -0.363. The van der Waals surface area contributed by atoms with E-state index in [0.29, 0.717) is 27.7 Å². The van der Waals surface area contributed by atoms with E-state index in [1.165, 1.54) is 22.7 Å². The molecule has 156 valence electrons. The number of hydrogen-bond donors (Lipinski definition) is 2. The van der Waals surface area contributed by atoms with Crippen LogP contribution in [-0.2, 0) is 0 Å². The number of benzene rings is 2. The van der Waals surface area contributed by atoms with E-state index in [-0.39, 0.29) is 16.8 Å². The van der Waals surface area contributed by atoms with Crippen molar-refractivity contribution < 1.29 is 0 Å². The Kier molecular flexibility index (Phi) is 6.01. The summed E-state index contributed by atoms with van der Waals surface area (Å²) >= 11 is 4.72. The molecular formula is C21H17BrN6O2S. The van der Waals surface area contributed by atoms with E-state index in [1.807, 2.05) is 37.3 Å². The molecule has 0 bridgehead atoms. The van der Waals surface area contributed by atoms with Crippen molar-refractivity contribution in [1.29, 1.82) is 0 Å². The van der Waals surface area contributed by atoms with Crippen LogP contribution < -0.4 is 11.1 Å². The maximum atomic E-state index is 12.9. The van der Waals surface area contributed by atoms with E-state index in [9.17, 15) is 9.59 Å². The quantitative estimate of drug-likeness (QED) is 0.322. The van der Waals surface area contributed by atoms with Gasteiger partial charge in [0.05, 0.1) is 16.9 Å². The zero-order valence-electron chi connectivity index (χ0n) is 16.6. The van der Waals surface area contributed by atoms with E-state index in [0.717, 1.165) is 10.2 Å². The number of aliphatic imine (C=N–C) groups is 1. The molecule has 0 saturated carbocycles. The lowest BCUT2D eigenvalue weighted by molar-refractivity contribution is 0.826. The highest BCUT2D eigenvalue weighted by Gasteiger charge is 2.14. The first-order valence-electron chi connectivity index (χ1n) is 9.20. The van der Waals surface area contributed by atoms with Gasteiger partial charge < -0.3 is 0 Å². The minimum Gasteiger partial charge on any atom is -0.298 e. The third kappa shape index (κ3) is 4.30. The Morgan fingerprint density at radius 2 is 1.90 bits per heavy atom. The number of aromatic amines is 2. The fourth-order valence-corrected chi connectivity index (χ4v) is 3.68. The van der Waals surface area contributed by atoms with Crippen LogP contribution in [0.25, 0.3) is 16.9 Å². The number of thioether (sulfide) groups is 1. The van der Waals surface area contributed by atoms with Gasteiger partial charge in [-0.15, -0.1) is 10.2 Å². The first-order valence-corrected chi connectivity index (χ1v) is 11.2. The standard InChI is InChI=1S/C21H17BrN6O2S/c1-12-16(20(30)28(27-12)14-6-4-3-5-7-14)11-23-17-9-8-13(22)10-15(17)18-19(29)24-21(31-2)26-25-18/h3-11,27H,1-2H3,(H,24,26,29). The van der Waals surface area contributed by atoms with Gasteiger partial charge in [0.2, 0.25) is 0 Å². The Labute approximate surface area is 189 Å². The molecule has 31 heavy (non-hydrogen) atoms. The van der Waals surface area contributed by atoms with Crippen LogP contribution in [0.5, 0.6) is 0 Å². The molecule has 0 fully saturated rings. The van der Waals surface area contributed by atoms with Gasteiger partial charge in [0, 0.05) is 21.9 Å². The molecule has 0 aliphatic rings. The highest BCUT2D eigenvalue weighted by atomic mass is 79.9. The van der Waals surface area contributed by atoms with Crippen molar-refractivity contribution in [3.63, 3.8) is 0 Å². The first kappa shape index (κ1) is 21.0. The van der Waals surface area contributed by atoms with E-state index in [2.05, 4.69) is 41.2 Å². The first-order chi connectivity index (χ1) is 15.0. The summed E-state index contributed by atoms with van der Waals surface area (Å²) in [6.45, 7) is 1.81. The van der Waals surface area contributed by atoms with E-state index >= 15 is 0 Å². The Bertz CT molecular complexity index is 1390. The molecule has 0 amide bonds. The maximum Gasteiger partial charge on any atom is 0.280 e. The summed E-state index contributed by atoms with van der Waals surface area (Å²) in [5, 5.41) is 11.6. The molecule has 2 N–H and O–H groups in total. The summed E-state index contributed by atoms with van der Waals surface area (Å²) in [7, 11) is 0. The van der Waals surface area contributed by atoms with Crippen LogP contribution in [-0.4, -0.2) is 37.4 Å². The molecule has 0 atom stereocenters. The van der Waals surface area contributed by atoms with Gasteiger partial charge in [-0.2, -0.15) is 0 Å². The van der Waals surface area contributed by atoms with Crippen LogP contribution in [0.1, 0.15) is 11.3 Å². The molecule has 0 aliphatic carbocycles. The van der Waals surface area contributed by atoms with Crippen molar-refractivity contribution in [2.45, 2.75) is 12.1 Å². The largest absolute Gasteiger partial charge is 0.298 e. The summed E-state index contributed by atoms with van der Waals surface area (Å²) in [6.07, 6.45) is 3.30. The van der Waals surface area contributed by atoms with Crippen molar-refractivity contribution in [3.05, 3.63) is 85.0 Å². The number of para-hydroxylation sites is 1. The summed E-state index contributed by atoms with van der Waals surface area (Å²) in [6, 6.07) is 14.6. The average Bonchev–Trinajstić information content (AvgIpc) is 3.06. The predicted molar refractivity (Wildman–Crippen MR) is 126 cm³/mol. The Morgan fingerprint density at radius 1 is 1.13 bits per heavy atom. The van der Waals surface area contributed by atoms with Crippen LogP contribution in [0, 0.1) is 6.92 Å². The summed E-state index contributed by atoms with van der Waals surface area (Å²) in [5.74, 6) is 0. The Balaban J connectivity index is 1.77. The molecule has 4 aromatic rings. The SMILES string of the molecule is CSc1nnc(-c2cc(Br)ccc2N=Cc2c(C)[nH]n(-c3ccccc3)c2=O)c(=O)[nH]1. The number of hydrogen-bond acceptors (Lipinski definition) is 6. The van der Waals surface area contributed by atoms with Gasteiger partial charge in [-0.05, 0) is 43.5 Å². The molecule has 2 aromatic carbocycles. The summed E-state index contributed by atoms with van der Waals surface area (Å²) in [5.41, 5.74) is 2.41. The monoisotopic (exact) mass is 496 g/mol. The second-order valence-electron chi connectivity index (χ2n) is 6.56. The fraction of sp³-hybridized carbons (Fsp3) is 0.0952. The van der Waals surface area contributed by atoms with Crippen molar-refractivity contribution in [2.24, 2.45) is 4.99 Å². The predicted octanol–water partition coefficient (Wildman–Crippen LogP) is 3.85. The zero-order valence-corrected chi connectivity index (χ0v) is 19.0. The number of rotatable bonds is 5. The van der Waals surface area contributed by atoms with Crippen LogP contribution in [0.3, 0.4) is 0 Å². The van der Waals surface area contributed by atoms with Gasteiger partial charge >= 0.3 is 0 Å². The molecule has 2 aromatic heterocycles. The van der Waals surface area contributed by atoms with Crippen molar-refractivity contribution in [2.75, 3.05) is 6.26 Å². The van der Waals surface area contributed by atoms with Gasteiger partial charge in [0.1, 0.15) is 0 Å². The number of nitrogens with one attached hydrogen (secondary N) is 2.